The number of nitrogens with one attached hydrogen (secondary N) is 1. The molecule has 0 aliphatic rings. The van der Waals surface area contributed by atoms with Gasteiger partial charge in [0.1, 0.15) is 0 Å². The molecule has 0 aliphatic heterocycles. The molecule has 0 radical (unpaired) electrons. The summed E-state index contributed by atoms with van der Waals surface area (Å²) in [5.74, 6) is -2.12. The van der Waals surface area contributed by atoms with Gasteiger partial charge in [-0.3, -0.25) is 14.9 Å². The summed E-state index contributed by atoms with van der Waals surface area (Å²) in [6.07, 6.45) is 0. The summed E-state index contributed by atoms with van der Waals surface area (Å²) in [7, 11) is 0. The van der Waals surface area contributed by atoms with Crippen molar-refractivity contribution < 1.29 is 41.7 Å². The summed E-state index contributed by atoms with van der Waals surface area (Å²) in [6, 6.07) is 0. The standard InChI is InChI=1S/C4H7NO4.4H2O/c6-3(7)1-5-2-4(8)9;;;;/h5H,1-2H2,(H,6,7)(H,8,9);4*1H2. The quantitative estimate of drug-likeness (QED) is 0.412. The first kappa shape index (κ1) is 29.8. The molecule has 13 heavy (non-hydrogen) atoms. The lowest BCUT2D eigenvalue weighted by molar-refractivity contribution is -0.137. The zero-order valence-corrected chi connectivity index (χ0v) is 6.63. The normalized spacial score (nSPS) is 6.15. The van der Waals surface area contributed by atoms with E-state index >= 15 is 0 Å². The van der Waals surface area contributed by atoms with Crippen molar-refractivity contribution in [1.82, 2.24) is 5.32 Å². The third-order valence-electron chi connectivity index (χ3n) is 0.552. The van der Waals surface area contributed by atoms with Crippen LogP contribution in [0.1, 0.15) is 0 Å². The van der Waals surface area contributed by atoms with Gasteiger partial charge in [-0.2, -0.15) is 0 Å². The van der Waals surface area contributed by atoms with Crippen LogP contribution < -0.4 is 5.32 Å². The van der Waals surface area contributed by atoms with Crippen molar-refractivity contribution in [2.75, 3.05) is 13.1 Å². The maximum atomic E-state index is 9.73. The van der Waals surface area contributed by atoms with Crippen LogP contribution in [-0.4, -0.2) is 57.1 Å². The van der Waals surface area contributed by atoms with Gasteiger partial charge in [0, 0.05) is 0 Å². The Morgan fingerprint density at radius 2 is 1.08 bits per heavy atom. The van der Waals surface area contributed by atoms with E-state index in [2.05, 4.69) is 5.32 Å². The van der Waals surface area contributed by atoms with Gasteiger partial charge in [-0.1, -0.05) is 0 Å². The number of hydrogen-bond acceptors (Lipinski definition) is 3. The van der Waals surface area contributed by atoms with E-state index in [9.17, 15) is 9.59 Å². The first-order valence-electron chi connectivity index (χ1n) is 2.27. The Bertz CT molecular complexity index is 111. The van der Waals surface area contributed by atoms with Gasteiger partial charge in [0.2, 0.25) is 0 Å². The molecule has 9 heteroatoms. The van der Waals surface area contributed by atoms with Gasteiger partial charge < -0.3 is 32.1 Å². The molecular weight excluding hydrogens is 190 g/mol. The summed E-state index contributed by atoms with van der Waals surface area (Å²) in [5, 5.41) is 18.1. The fourth-order valence-electron chi connectivity index (χ4n) is 0.276. The Morgan fingerprint density at radius 1 is 0.846 bits per heavy atom. The molecule has 0 bridgehead atoms. The van der Waals surface area contributed by atoms with E-state index in [-0.39, 0.29) is 35.0 Å². The minimum absolute atomic E-state index is 0. The minimum Gasteiger partial charge on any atom is -0.480 e. The molecule has 0 aromatic heterocycles. The Labute approximate surface area is 73.2 Å². The van der Waals surface area contributed by atoms with Crippen LogP contribution in [-0.2, 0) is 9.59 Å². The summed E-state index contributed by atoms with van der Waals surface area (Å²) in [6.45, 7) is -0.626. The van der Waals surface area contributed by atoms with Crippen LogP contribution >= 0.6 is 0 Å². The van der Waals surface area contributed by atoms with Crippen LogP contribution in [0.15, 0.2) is 0 Å². The largest absolute Gasteiger partial charge is 0.480 e. The molecule has 9 nitrogen and oxygen atoms in total. The molecular formula is C4H15NO8. The predicted octanol–water partition coefficient (Wildman–Crippen LogP) is -4.55. The number of carboxylic acids is 2. The summed E-state index contributed by atoms with van der Waals surface area (Å²) in [4.78, 5) is 19.5. The van der Waals surface area contributed by atoms with E-state index in [1.54, 1.807) is 0 Å². The van der Waals surface area contributed by atoms with Gasteiger partial charge in [0.15, 0.2) is 0 Å². The average Bonchev–Trinajstić information content (AvgIpc) is 1.63. The predicted molar refractivity (Wildman–Crippen MR) is 42.6 cm³/mol. The molecule has 0 fully saturated rings. The third-order valence-corrected chi connectivity index (χ3v) is 0.552. The Balaban J connectivity index is -0.0000000533. The second kappa shape index (κ2) is 17.0. The maximum absolute atomic E-state index is 9.73. The molecule has 0 aromatic rings. The Morgan fingerprint density at radius 3 is 1.23 bits per heavy atom. The van der Waals surface area contributed by atoms with Crippen LogP contribution in [0.5, 0.6) is 0 Å². The van der Waals surface area contributed by atoms with Crippen molar-refractivity contribution in [2.45, 2.75) is 0 Å². The monoisotopic (exact) mass is 205 g/mol. The van der Waals surface area contributed by atoms with Crippen LogP contribution in [0.2, 0.25) is 0 Å². The summed E-state index contributed by atoms with van der Waals surface area (Å²) >= 11 is 0. The van der Waals surface area contributed by atoms with Crippen molar-refractivity contribution in [3.63, 3.8) is 0 Å². The van der Waals surface area contributed by atoms with E-state index in [1.807, 2.05) is 0 Å². The van der Waals surface area contributed by atoms with Gasteiger partial charge in [0.25, 0.3) is 0 Å². The summed E-state index contributed by atoms with van der Waals surface area (Å²) < 4.78 is 0. The van der Waals surface area contributed by atoms with E-state index in [0.717, 1.165) is 0 Å². The highest BCUT2D eigenvalue weighted by molar-refractivity contribution is 5.72. The van der Waals surface area contributed by atoms with Crippen LogP contribution in [0.4, 0.5) is 0 Å². The summed E-state index contributed by atoms with van der Waals surface area (Å²) in [5.41, 5.74) is 0. The van der Waals surface area contributed by atoms with E-state index in [4.69, 9.17) is 10.2 Å². The first-order valence-corrected chi connectivity index (χ1v) is 2.27. The molecule has 84 valence electrons. The van der Waals surface area contributed by atoms with Crippen molar-refractivity contribution in [1.29, 1.82) is 0 Å². The first-order chi connectivity index (χ1) is 4.13. The van der Waals surface area contributed by atoms with Gasteiger partial charge >= 0.3 is 11.9 Å². The number of carboxylic acid groups (broad SMARTS) is 2. The van der Waals surface area contributed by atoms with Gasteiger partial charge in [-0.25, -0.2) is 0 Å². The fourth-order valence-corrected chi connectivity index (χ4v) is 0.276. The minimum atomic E-state index is -1.06. The molecule has 0 heterocycles. The lowest BCUT2D eigenvalue weighted by Crippen LogP contribution is -2.27. The van der Waals surface area contributed by atoms with Crippen molar-refractivity contribution >= 4 is 11.9 Å². The van der Waals surface area contributed by atoms with E-state index in [0.29, 0.717) is 0 Å². The highest BCUT2D eigenvalue weighted by atomic mass is 16.4. The number of rotatable bonds is 4. The van der Waals surface area contributed by atoms with Crippen molar-refractivity contribution in [2.24, 2.45) is 0 Å². The van der Waals surface area contributed by atoms with E-state index < -0.39 is 11.9 Å². The van der Waals surface area contributed by atoms with Crippen molar-refractivity contribution in [3.8, 4) is 0 Å². The highest BCUT2D eigenvalue weighted by Crippen LogP contribution is 1.61. The molecule has 0 saturated heterocycles. The zero-order chi connectivity index (χ0) is 7.28. The van der Waals surface area contributed by atoms with Crippen molar-refractivity contribution in [3.05, 3.63) is 0 Å². The van der Waals surface area contributed by atoms with Gasteiger partial charge in [-0.15, -0.1) is 0 Å². The Hall–Kier alpha value is -1.26. The number of hydrogen-bond donors (Lipinski definition) is 3. The maximum Gasteiger partial charge on any atom is 0.317 e. The topological polar surface area (TPSA) is 213 Å². The van der Waals surface area contributed by atoms with Crippen LogP contribution in [0.25, 0.3) is 0 Å². The molecule has 0 saturated carbocycles. The molecule has 11 N–H and O–H groups in total. The average molecular weight is 205 g/mol. The highest BCUT2D eigenvalue weighted by Gasteiger charge is 1.97. The molecule has 0 spiro atoms. The third kappa shape index (κ3) is 36.5. The van der Waals surface area contributed by atoms with E-state index in [1.165, 1.54) is 0 Å². The molecule has 0 unspecified atom stereocenters. The SMILES string of the molecule is O.O.O.O.O=C(O)CNCC(=O)O. The van der Waals surface area contributed by atoms with Gasteiger partial charge in [-0.05, 0) is 0 Å². The second-order valence-electron chi connectivity index (χ2n) is 1.39. The lowest BCUT2D eigenvalue weighted by Gasteiger charge is -1.93. The molecule has 0 aromatic carbocycles. The smallest absolute Gasteiger partial charge is 0.317 e. The van der Waals surface area contributed by atoms with Crippen LogP contribution in [0.3, 0.4) is 0 Å². The molecule has 0 amide bonds. The Kier molecular flexibility index (Phi) is 39.0. The second-order valence-corrected chi connectivity index (χ2v) is 1.39. The number of aliphatic carboxylic acids is 2. The zero-order valence-electron chi connectivity index (χ0n) is 6.63. The lowest BCUT2D eigenvalue weighted by atomic mass is 10.6. The fraction of sp³-hybridized carbons (Fsp3) is 0.500. The van der Waals surface area contributed by atoms with Crippen LogP contribution in [0, 0.1) is 0 Å². The molecule has 0 aliphatic carbocycles. The molecule has 0 rings (SSSR count). The number of carbonyl (C=O) groups is 2. The molecule has 0 atom stereocenters. The van der Waals surface area contributed by atoms with Gasteiger partial charge in [0.05, 0.1) is 13.1 Å².